The van der Waals surface area contributed by atoms with E-state index in [0.717, 1.165) is 122 Å². The summed E-state index contributed by atoms with van der Waals surface area (Å²) in [5, 5.41) is 9.24. The van der Waals surface area contributed by atoms with Gasteiger partial charge in [0.1, 0.15) is 22.3 Å². The van der Waals surface area contributed by atoms with Crippen LogP contribution < -0.4 is 0 Å². The molecule has 0 bridgehead atoms. The molecule has 16 aromatic rings. The van der Waals surface area contributed by atoms with Crippen molar-refractivity contribution in [3.8, 4) is 67.0 Å². The van der Waals surface area contributed by atoms with Gasteiger partial charge in [-0.2, -0.15) is 0 Å². The zero-order valence-electron chi connectivity index (χ0n) is 41.1. The number of benzene rings is 12. The predicted octanol–water partition coefficient (Wildman–Crippen LogP) is 20.0. The van der Waals surface area contributed by atoms with Crippen molar-refractivity contribution in [2.75, 3.05) is 0 Å². The molecule has 0 radical (unpaired) electrons. The van der Waals surface area contributed by atoms with Crippen LogP contribution >= 0.6 is 0 Å². The first-order valence-electron chi connectivity index (χ1n) is 26.0. The molecule has 12 aromatic carbocycles. The van der Waals surface area contributed by atoms with E-state index in [1.807, 2.05) is 0 Å². The summed E-state index contributed by atoms with van der Waals surface area (Å²) in [6.45, 7) is 0. The van der Waals surface area contributed by atoms with E-state index >= 15 is 0 Å². The van der Waals surface area contributed by atoms with Gasteiger partial charge in [0.05, 0.1) is 32.8 Å². The Kier molecular flexibility index (Phi) is 9.30. The molecule has 4 heterocycles. The topological polar surface area (TPSA) is 36.1 Å². The van der Waals surface area contributed by atoms with Crippen LogP contribution in [-0.2, 0) is 0 Å². The van der Waals surface area contributed by atoms with Crippen LogP contribution in [0.4, 0.5) is 0 Å². The molecule has 76 heavy (non-hydrogen) atoms. The lowest BCUT2D eigenvalue weighted by atomic mass is 9.87. The summed E-state index contributed by atoms with van der Waals surface area (Å²) in [7, 11) is 0. The van der Waals surface area contributed by atoms with E-state index < -0.39 is 0 Å². The van der Waals surface area contributed by atoms with Crippen molar-refractivity contribution >= 4 is 87.5 Å². The Balaban J connectivity index is 0.908. The van der Waals surface area contributed by atoms with E-state index in [4.69, 9.17) is 8.83 Å². The average Bonchev–Trinajstić information content (AvgIpc) is 4.31. The Morgan fingerprint density at radius 1 is 0.224 bits per heavy atom. The first-order valence-corrected chi connectivity index (χ1v) is 26.0. The molecule has 4 nitrogen and oxygen atoms in total. The van der Waals surface area contributed by atoms with Gasteiger partial charge in [-0.3, -0.25) is 0 Å². The minimum absolute atomic E-state index is 0.846. The molecule has 4 heteroatoms. The molecule has 0 unspecified atom stereocenters. The molecular formula is C72H44N2O2. The summed E-state index contributed by atoms with van der Waals surface area (Å²) in [6, 6.07) is 96.3. The second-order valence-electron chi connectivity index (χ2n) is 20.0. The molecule has 0 spiro atoms. The summed E-state index contributed by atoms with van der Waals surface area (Å²) >= 11 is 0. The van der Waals surface area contributed by atoms with Crippen LogP contribution in [0, 0.1) is 0 Å². The lowest BCUT2D eigenvalue weighted by Crippen LogP contribution is -1.93. The lowest BCUT2D eigenvalue weighted by Gasteiger charge is -2.16. The van der Waals surface area contributed by atoms with E-state index in [1.165, 1.54) is 32.6 Å². The molecule has 0 atom stereocenters. The molecule has 0 fully saturated rings. The fourth-order valence-corrected chi connectivity index (χ4v) is 12.3. The molecule has 0 amide bonds. The molecule has 0 aliphatic carbocycles. The third kappa shape index (κ3) is 6.51. The van der Waals surface area contributed by atoms with Crippen molar-refractivity contribution in [3.05, 3.63) is 267 Å². The van der Waals surface area contributed by atoms with E-state index in [-0.39, 0.29) is 0 Å². The lowest BCUT2D eigenvalue weighted by molar-refractivity contribution is 0.669. The summed E-state index contributed by atoms with van der Waals surface area (Å²) < 4.78 is 18.6. The molecule has 0 aliphatic rings. The highest BCUT2D eigenvalue weighted by Crippen LogP contribution is 2.46. The van der Waals surface area contributed by atoms with Crippen molar-refractivity contribution in [1.82, 2.24) is 9.13 Å². The third-order valence-corrected chi connectivity index (χ3v) is 15.7. The fraction of sp³-hybridized carbons (Fsp3) is 0. The Labute approximate surface area is 437 Å². The van der Waals surface area contributed by atoms with E-state index in [9.17, 15) is 0 Å². The minimum Gasteiger partial charge on any atom is -0.456 e. The first-order chi connectivity index (χ1) is 37.7. The number of hydrogen-bond donors (Lipinski definition) is 0. The molecule has 0 saturated heterocycles. The van der Waals surface area contributed by atoms with Crippen LogP contribution in [0.15, 0.2) is 276 Å². The van der Waals surface area contributed by atoms with E-state index in [0.29, 0.717) is 0 Å². The summed E-state index contributed by atoms with van der Waals surface area (Å²) in [6.07, 6.45) is 0. The van der Waals surface area contributed by atoms with E-state index in [2.05, 4.69) is 276 Å². The fourth-order valence-electron chi connectivity index (χ4n) is 12.3. The first kappa shape index (κ1) is 42.4. The Morgan fingerprint density at radius 2 is 0.632 bits per heavy atom. The molecular weight excluding hydrogens is 925 g/mol. The Hall–Kier alpha value is -10.2. The smallest absolute Gasteiger partial charge is 0.137 e. The zero-order valence-corrected chi connectivity index (χ0v) is 41.1. The highest BCUT2D eigenvalue weighted by Gasteiger charge is 2.23. The molecule has 0 aliphatic heterocycles. The summed E-state index contributed by atoms with van der Waals surface area (Å²) in [5.74, 6) is 0. The number of hydrogen-bond acceptors (Lipinski definition) is 2. The zero-order chi connectivity index (χ0) is 49.8. The van der Waals surface area contributed by atoms with Gasteiger partial charge in [-0.15, -0.1) is 0 Å². The molecule has 16 rings (SSSR count). The number of aromatic nitrogens is 2. The quantitative estimate of drug-likeness (QED) is 0.160. The highest BCUT2D eigenvalue weighted by atomic mass is 16.3. The van der Waals surface area contributed by atoms with Gasteiger partial charge >= 0.3 is 0 Å². The van der Waals surface area contributed by atoms with Crippen molar-refractivity contribution < 1.29 is 8.83 Å². The van der Waals surface area contributed by atoms with Crippen molar-refractivity contribution in [2.24, 2.45) is 0 Å². The maximum absolute atomic E-state index is 6.92. The van der Waals surface area contributed by atoms with Crippen LogP contribution in [-0.4, -0.2) is 9.13 Å². The van der Waals surface area contributed by atoms with Gasteiger partial charge < -0.3 is 18.0 Å². The molecule has 354 valence electrons. The van der Waals surface area contributed by atoms with Gasteiger partial charge in [-0.05, 0) is 165 Å². The number of rotatable bonds is 7. The standard InChI is InChI=1S/C72H44N2O2/c1-5-17-45(18-6-1)50-39-51(46-19-7-2-8-20-46)41-52(40-50)62-42-47(48-30-33-60-67(43-48)75-65-37-35-58-56-25-13-15-27-63(56)73(71(58)69(60)65)53-21-9-3-10-22-53)29-32-55(62)49-31-34-61-68(44-49)76-66-38-36-59-57-26-14-16-28-64(57)74(72(59)70(61)66)54-23-11-4-12-24-54/h1-44H. The summed E-state index contributed by atoms with van der Waals surface area (Å²) in [4.78, 5) is 0. The maximum Gasteiger partial charge on any atom is 0.137 e. The molecule has 4 aromatic heterocycles. The number of furan rings is 2. The normalized spacial score (nSPS) is 11.9. The van der Waals surface area contributed by atoms with Gasteiger partial charge in [0.25, 0.3) is 0 Å². The largest absolute Gasteiger partial charge is 0.456 e. The predicted molar refractivity (Wildman–Crippen MR) is 317 cm³/mol. The van der Waals surface area contributed by atoms with Crippen molar-refractivity contribution in [1.29, 1.82) is 0 Å². The number of para-hydroxylation sites is 4. The van der Waals surface area contributed by atoms with Crippen LogP contribution in [0.5, 0.6) is 0 Å². The van der Waals surface area contributed by atoms with Crippen molar-refractivity contribution in [2.45, 2.75) is 0 Å². The Morgan fingerprint density at radius 3 is 1.16 bits per heavy atom. The maximum atomic E-state index is 6.92. The van der Waals surface area contributed by atoms with Gasteiger partial charge in [0.2, 0.25) is 0 Å². The Bertz CT molecular complexity index is 4910. The number of fused-ring (bicyclic) bond motifs is 14. The van der Waals surface area contributed by atoms with Crippen molar-refractivity contribution in [3.63, 3.8) is 0 Å². The minimum atomic E-state index is 0.846. The van der Waals surface area contributed by atoms with Crippen LogP contribution in [0.3, 0.4) is 0 Å². The van der Waals surface area contributed by atoms with Gasteiger partial charge in [0, 0.05) is 43.7 Å². The molecule has 0 saturated carbocycles. The van der Waals surface area contributed by atoms with Gasteiger partial charge in [0.15, 0.2) is 0 Å². The van der Waals surface area contributed by atoms with Crippen LogP contribution in [0.25, 0.3) is 154 Å². The average molecular weight is 969 g/mol. The SMILES string of the molecule is c1ccc(-c2cc(-c3ccccc3)cc(-c3cc(-c4ccc5c(c4)oc4ccc6c7ccccc7n(-c7ccccc7)c6c45)ccc3-c3ccc4c(c3)oc3ccc5c6ccccc6n(-c6ccccc6)c5c34)c2)cc1. The monoisotopic (exact) mass is 968 g/mol. The second-order valence-corrected chi connectivity index (χ2v) is 20.0. The van der Waals surface area contributed by atoms with Gasteiger partial charge in [-0.1, -0.05) is 158 Å². The third-order valence-electron chi connectivity index (χ3n) is 15.7. The second kappa shape index (κ2) is 16.7. The number of nitrogens with zero attached hydrogens (tertiary/aromatic N) is 2. The molecule has 0 N–H and O–H groups in total. The summed E-state index contributed by atoms with van der Waals surface area (Å²) in [5.41, 5.74) is 21.5. The van der Waals surface area contributed by atoms with Crippen LogP contribution in [0.2, 0.25) is 0 Å². The highest BCUT2D eigenvalue weighted by molar-refractivity contribution is 6.26. The van der Waals surface area contributed by atoms with E-state index in [1.54, 1.807) is 0 Å². The van der Waals surface area contributed by atoms with Crippen LogP contribution in [0.1, 0.15) is 0 Å². The van der Waals surface area contributed by atoms with Gasteiger partial charge in [-0.25, -0.2) is 0 Å².